The zero-order chi connectivity index (χ0) is 22.5. The summed E-state index contributed by atoms with van der Waals surface area (Å²) in [5.74, 6) is 2.30. The van der Waals surface area contributed by atoms with Crippen LogP contribution in [-0.2, 0) is 11.3 Å². The van der Waals surface area contributed by atoms with Crippen LogP contribution in [0.4, 0.5) is 5.82 Å². The van der Waals surface area contributed by atoms with Crippen molar-refractivity contribution < 1.29 is 13.9 Å². The summed E-state index contributed by atoms with van der Waals surface area (Å²) in [6, 6.07) is 13.0. The van der Waals surface area contributed by atoms with Gasteiger partial charge < -0.3 is 19.4 Å². The maximum atomic E-state index is 12.6. The number of nitrogens with zero attached hydrogens (tertiary/aromatic N) is 4. The molecule has 0 atom stereocenters. The molecule has 3 heterocycles. The lowest BCUT2D eigenvalue weighted by atomic mass is 10.2. The van der Waals surface area contributed by atoms with Crippen LogP contribution in [0.15, 0.2) is 58.5 Å². The quantitative estimate of drug-likeness (QED) is 0.430. The molecule has 8 nitrogen and oxygen atoms in total. The van der Waals surface area contributed by atoms with Crippen LogP contribution >= 0.6 is 11.3 Å². The van der Waals surface area contributed by atoms with Crippen LogP contribution in [0, 0.1) is 6.92 Å². The molecule has 1 N–H and O–H groups in total. The molecular formula is C23H23N5O3S. The van der Waals surface area contributed by atoms with E-state index in [0.717, 1.165) is 22.9 Å². The van der Waals surface area contributed by atoms with E-state index in [2.05, 4.69) is 25.2 Å². The van der Waals surface area contributed by atoms with E-state index in [4.69, 9.17) is 9.15 Å². The number of rotatable bonds is 8. The van der Waals surface area contributed by atoms with Crippen LogP contribution < -0.4 is 10.1 Å². The molecule has 0 bridgehead atoms. The highest BCUT2D eigenvalue weighted by Crippen LogP contribution is 2.26. The number of carbonyl (C=O) groups is 1. The molecule has 9 heteroatoms. The number of benzene rings is 1. The van der Waals surface area contributed by atoms with E-state index in [-0.39, 0.29) is 12.5 Å². The van der Waals surface area contributed by atoms with Gasteiger partial charge in [0.1, 0.15) is 28.0 Å². The highest BCUT2D eigenvalue weighted by molar-refractivity contribution is 7.13. The fourth-order valence-electron chi connectivity index (χ4n) is 3.06. The van der Waals surface area contributed by atoms with Gasteiger partial charge in [-0.25, -0.2) is 15.0 Å². The largest absolute Gasteiger partial charge is 0.484 e. The standard InChI is InChI=1S/C23H23N5O3S/c1-15-7-8-19(31-15)22-25-18(23-24-9-10-32-23)12-20(27-22)26-21(29)14-30-17-6-4-5-16(11-17)13-28(2)3/h4-12H,13-14H2,1-3H3,(H,25,26,27,29). The fraction of sp³-hybridized carbons (Fsp3) is 0.217. The van der Waals surface area contributed by atoms with Gasteiger partial charge in [-0.05, 0) is 50.8 Å². The molecule has 0 spiro atoms. The number of carbonyl (C=O) groups excluding carboxylic acids is 1. The third-order valence-corrected chi connectivity index (χ3v) is 5.17. The number of hydrogen-bond acceptors (Lipinski definition) is 8. The molecule has 0 aliphatic rings. The summed E-state index contributed by atoms with van der Waals surface area (Å²) in [7, 11) is 4.00. The van der Waals surface area contributed by atoms with Crippen molar-refractivity contribution in [2.24, 2.45) is 0 Å². The van der Waals surface area contributed by atoms with Gasteiger partial charge in [0.15, 0.2) is 18.2 Å². The van der Waals surface area contributed by atoms with Crippen LogP contribution in [0.3, 0.4) is 0 Å². The monoisotopic (exact) mass is 449 g/mol. The molecular weight excluding hydrogens is 426 g/mol. The van der Waals surface area contributed by atoms with Crippen LogP contribution in [0.25, 0.3) is 22.3 Å². The molecule has 4 rings (SSSR count). The Bertz CT molecular complexity index is 1200. The number of aromatic nitrogens is 3. The van der Waals surface area contributed by atoms with Crippen molar-refractivity contribution in [1.29, 1.82) is 0 Å². The molecule has 0 aliphatic carbocycles. The average Bonchev–Trinajstić information content (AvgIpc) is 3.44. The minimum atomic E-state index is -0.326. The Labute approximate surface area is 189 Å². The first-order valence-corrected chi connectivity index (χ1v) is 10.9. The van der Waals surface area contributed by atoms with Gasteiger partial charge in [-0.15, -0.1) is 11.3 Å². The first kappa shape index (κ1) is 21.7. The molecule has 0 radical (unpaired) electrons. The number of ether oxygens (including phenoxy) is 1. The third-order valence-electron chi connectivity index (χ3n) is 4.37. The summed E-state index contributed by atoms with van der Waals surface area (Å²) in [5.41, 5.74) is 1.71. The van der Waals surface area contributed by atoms with Gasteiger partial charge in [0, 0.05) is 24.2 Å². The minimum absolute atomic E-state index is 0.142. The predicted octanol–water partition coefficient (Wildman–Crippen LogP) is 4.25. The van der Waals surface area contributed by atoms with Crippen LogP contribution in [-0.4, -0.2) is 46.5 Å². The summed E-state index contributed by atoms with van der Waals surface area (Å²) in [5, 5.41) is 5.38. The molecule has 32 heavy (non-hydrogen) atoms. The molecule has 3 aromatic heterocycles. The van der Waals surface area contributed by atoms with Crippen molar-refractivity contribution >= 4 is 23.1 Å². The van der Waals surface area contributed by atoms with Gasteiger partial charge in [0.05, 0.1) is 0 Å². The van der Waals surface area contributed by atoms with E-state index in [1.165, 1.54) is 11.3 Å². The Morgan fingerprint density at radius 3 is 2.78 bits per heavy atom. The first-order valence-electron chi connectivity index (χ1n) is 9.98. The number of aryl methyl sites for hydroxylation is 1. The average molecular weight is 450 g/mol. The number of furan rings is 1. The van der Waals surface area contributed by atoms with E-state index < -0.39 is 0 Å². The van der Waals surface area contributed by atoms with E-state index in [1.807, 2.05) is 56.7 Å². The molecule has 0 fully saturated rings. The SMILES string of the molecule is Cc1ccc(-c2nc(NC(=O)COc3cccc(CN(C)C)c3)cc(-c3nccs3)n2)o1. The minimum Gasteiger partial charge on any atom is -0.484 e. The van der Waals surface area contributed by atoms with Crippen LogP contribution in [0.5, 0.6) is 5.75 Å². The Morgan fingerprint density at radius 2 is 2.06 bits per heavy atom. The predicted molar refractivity (Wildman–Crippen MR) is 124 cm³/mol. The highest BCUT2D eigenvalue weighted by Gasteiger charge is 2.15. The van der Waals surface area contributed by atoms with Gasteiger partial charge in [-0.2, -0.15) is 0 Å². The molecule has 1 aromatic carbocycles. The summed E-state index contributed by atoms with van der Waals surface area (Å²) >= 11 is 1.45. The van der Waals surface area contributed by atoms with E-state index >= 15 is 0 Å². The smallest absolute Gasteiger partial charge is 0.263 e. The third kappa shape index (κ3) is 5.57. The summed E-state index contributed by atoms with van der Waals surface area (Å²) < 4.78 is 11.3. The Kier molecular flexibility index (Phi) is 6.58. The molecule has 0 unspecified atom stereocenters. The molecule has 0 saturated carbocycles. The zero-order valence-electron chi connectivity index (χ0n) is 18.0. The van der Waals surface area contributed by atoms with Crippen molar-refractivity contribution in [3.63, 3.8) is 0 Å². The summed E-state index contributed by atoms with van der Waals surface area (Å²) in [6.07, 6.45) is 1.70. The Balaban J connectivity index is 1.49. The Hall–Kier alpha value is -3.56. The van der Waals surface area contributed by atoms with E-state index in [9.17, 15) is 4.79 Å². The molecule has 164 valence electrons. The lowest BCUT2D eigenvalue weighted by molar-refractivity contribution is -0.118. The number of anilines is 1. The van der Waals surface area contributed by atoms with Crippen molar-refractivity contribution in [1.82, 2.24) is 19.9 Å². The van der Waals surface area contributed by atoms with Crippen LogP contribution in [0.2, 0.25) is 0 Å². The van der Waals surface area contributed by atoms with Gasteiger partial charge in [-0.1, -0.05) is 12.1 Å². The number of amides is 1. The van der Waals surface area contributed by atoms with E-state index in [1.54, 1.807) is 18.3 Å². The second-order valence-corrected chi connectivity index (χ2v) is 8.33. The highest BCUT2D eigenvalue weighted by atomic mass is 32.1. The normalized spacial score (nSPS) is 11.0. The van der Waals surface area contributed by atoms with Crippen LogP contribution in [0.1, 0.15) is 11.3 Å². The van der Waals surface area contributed by atoms with Crippen molar-refractivity contribution in [2.45, 2.75) is 13.5 Å². The zero-order valence-corrected chi connectivity index (χ0v) is 18.8. The maximum Gasteiger partial charge on any atom is 0.263 e. The summed E-state index contributed by atoms with van der Waals surface area (Å²) in [4.78, 5) is 27.9. The molecule has 4 aromatic rings. The maximum absolute atomic E-state index is 12.6. The molecule has 0 aliphatic heterocycles. The lowest BCUT2D eigenvalue weighted by Crippen LogP contribution is -2.21. The van der Waals surface area contributed by atoms with Gasteiger partial charge in [0.2, 0.25) is 0 Å². The summed E-state index contributed by atoms with van der Waals surface area (Å²) in [6.45, 7) is 2.50. The number of nitrogens with one attached hydrogen (secondary N) is 1. The lowest BCUT2D eigenvalue weighted by Gasteiger charge is -2.12. The Morgan fingerprint density at radius 1 is 1.19 bits per heavy atom. The molecule has 1 amide bonds. The van der Waals surface area contributed by atoms with Crippen molar-refractivity contribution in [3.05, 3.63) is 65.4 Å². The van der Waals surface area contributed by atoms with E-state index in [0.29, 0.717) is 28.8 Å². The second kappa shape index (κ2) is 9.71. The van der Waals surface area contributed by atoms with Gasteiger partial charge in [0.25, 0.3) is 5.91 Å². The number of hydrogen-bond donors (Lipinski definition) is 1. The van der Waals surface area contributed by atoms with Gasteiger partial charge >= 0.3 is 0 Å². The second-order valence-electron chi connectivity index (χ2n) is 7.43. The number of thiazole rings is 1. The van der Waals surface area contributed by atoms with Crippen molar-refractivity contribution in [2.75, 3.05) is 26.0 Å². The van der Waals surface area contributed by atoms with Crippen molar-refractivity contribution in [3.8, 4) is 28.0 Å². The fourth-order valence-corrected chi connectivity index (χ4v) is 3.66. The molecule has 0 saturated heterocycles. The topological polar surface area (TPSA) is 93.4 Å². The first-order chi connectivity index (χ1) is 15.5. The van der Waals surface area contributed by atoms with Gasteiger partial charge in [-0.3, -0.25) is 4.79 Å².